The van der Waals surface area contributed by atoms with Crippen molar-refractivity contribution in [2.24, 2.45) is 0 Å². The predicted octanol–water partition coefficient (Wildman–Crippen LogP) is 2.35. The second-order valence-corrected chi connectivity index (χ2v) is 7.08. The van der Waals surface area contributed by atoms with Crippen LogP contribution < -0.4 is 4.74 Å². The minimum Gasteiger partial charge on any atom is -0.481 e. The molecule has 0 unspecified atom stereocenters. The average molecular weight is 370 g/mol. The van der Waals surface area contributed by atoms with E-state index in [-0.39, 0.29) is 17.9 Å². The lowest BCUT2D eigenvalue weighted by Gasteiger charge is -2.36. The van der Waals surface area contributed by atoms with Crippen LogP contribution >= 0.6 is 0 Å². The highest BCUT2D eigenvalue weighted by atomic mass is 19.1. The summed E-state index contributed by atoms with van der Waals surface area (Å²) in [6.45, 7) is 4.46. The monoisotopic (exact) mass is 370 g/mol. The normalized spacial score (nSPS) is 20.1. The molecule has 4 rings (SSSR count). The fourth-order valence-electron chi connectivity index (χ4n) is 3.81. The van der Waals surface area contributed by atoms with E-state index in [9.17, 15) is 9.18 Å². The molecule has 1 atom stereocenters. The van der Waals surface area contributed by atoms with Crippen LogP contribution in [0.2, 0.25) is 0 Å². The van der Waals surface area contributed by atoms with Crippen LogP contribution in [0, 0.1) is 5.82 Å². The van der Waals surface area contributed by atoms with Crippen molar-refractivity contribution in [2.75, 3.05) is 33.3 Å². The molecule has 6 nitrogen and oxygen atoms in total. The van der Waals surface area contributed by atoms with Crippen molar-refractivity contribution < 1.29 is 13.9 Å². The zero-order chi connectivity index (χ0) is 18.8. The van der Waals surface area contributed by atoms with Crippen LogP contribution in [0.25, 0.3) is 0 Å². The van der Waals surface area contributed by atoms with Crippen LogP contribution in [0.3, 0.4) is 0 Å². The number of carbonyl (C=O) groups excluding carboxylic acids is 1. The number of hydrogen-bond acceptors (Lipinski definition) is 4. The van der Waals surface area contributed by atoms with Crippen LogP contribution in [-0.4, -0.2) is 65.0 Å². The highest BCUT2D eigenvalue weighted by molar-refractivity contribution is 5.77. The van der Waals surface area contributed by atoms with Crippen molar-refractivity contribution >= 4 is 6.03 Å². The molecule has 2 aliphatic rings. The van der Waals surface area contributed by atoms with Gasteiger partial charge in [0, 0.05) is 51.5 Å². The zero-order valence-corrected chi connectivity index (χ0v) is 15.3. The van der Waals surface area contributed by atoms with Crippen molar-refractivity contribution in [3.8, 4) is 5.88 Å². The molecule has 2 fully saturated rings. The quantitative estimate of drug-likeness (QED) is 0.811. The number of aromatic nitrogens is 1. The molecule has 0 spiro atoms. The van der Waals surface area contributed by atoms with Gasteiger partial charge in [-0.2, -0.15) is 0 Å². The second kappa shape index (κ2) is 7.52. The van der Waals surface area contributed by atoms with E-state index >= 15 is 0 Å². The number of urea groups is 1. The summed E-state index contributed by atoms with van der Waals surface area (Å²) in [6, 6.07) is 10.5. The number of halogens is 1. The molecule has 2 aromatic rings. The van der Waals surface area contributed by atoms with Crippen molar-refractivity contribution in [3.05, 3.63) is 59.5 Å². The van der Waals surface area contributed by atoms with E-state index in [0.717, 1.165) is 37.3 Å². The van der Waals surface area contributed by atoms with E-state index in [1.54, 1.807) is 19.2 Å². The van der Waals surface area contributed by atoms with Gasteiger partial charge in [-0.3, -0.25) is 4.90 Å². The lowest BCUT2D eigenvalue weighted by Crippen LogP contribution is -2.51. The second-order valence-electron chi connectivity index (χ2n) is 7.08. The first-order valence-electron chi connectivity index (χ1n) is 9.13. The molecule has 2 saturated heterocycles. The number of piperazine rings is 1. The molecule has 2 aliphatic heterocycles. The van der Waals surface area contributed by atoms with Crippen LogP contribution in [0.15, 0.2) is 42.6 Å². The molecule has 1 aromatic carbocycles. The number of carbonyl (C=O) groups is 1. The molecule has 0 N–H and O–H groups in total. The number of hydrogen-bond donors (Lipinski definition) is 0. The fraction of sp³-hybridized carbons (Fsp3) is 0.400. The Bertz CT molecular complexity index is 797. The fourth-order valence-corrected chi connectivity index (χ4v) is 3.81. The third-order valence-electron chi connectivity index (χ3n) is 5.21. The molecular formula is C20H23FN4O2. The molecular weight excluding hydrogens is 347 g/mol. The first kappa shape index (κ1) is 17.7. The maximum atomic E-state index is 13.1. The van der Waals surface area contributed by atoms with E-state index in [0.29, 0.717) is 19.0 Å². The number of benzene rings is 1. The van der Waals surface area contributed by atoms with Crippen molar-refractivity contribution in [1.29, 1.82) is 0 Å². The number of nitrogens with zero attached hydrogens (tertiary/aromatic N) is 4. The van der Waals surface area contributed by atoms with Crippen molar-refractivity contribution in [3.63, 3.8) is 0 Å². The van der Waals surface area contributed by atoms with Gasteiger partial charge in [0.2, 0.25) is 5.88 Å². The predicted molar refractivity (Wildman–Crippen MR) is 98.8 cm³/mol. The average Bonchev–Trinajstić information content (AvgIpc) is 2.99. The first-order valence-corrected chi connectivity index (χ1v) is 9.13. The van der Waals surface area contributed by atoms with E-state index in [1.807, 2.05) is 28.1 Å². The van der Waals surface area contributed by atoms with E-state index < -0.39 is 0 Å². The third kappa shape index (κ3) is 3.88. The molecule has 142 valence electrons. The van der Waals surface area contributed by atoms with Crippen molar-refractivity contribution in [2.45, 2.75) is 19.1 Å². The van der Waals surface area contributed by atoms with E-state index in [4.69, 9.17) is 4.74 Å². The molecule has 0 bridgehead atoms. The number of ether oxygens (including phenoxy) is 1. The Hall–Kier alpha value is -2.67. The van der Waals surface area contributed by atoms with Gasteiger partial charge in [-0.25, -0.2) is 14.2 Å². The molecule has 1 aromatic heterocycles. The SMILES string of the molecule is COc1ccc(CN2CCN3C(=O)N(Cc4ccc(F)cc4)C[C@H]3C2)cn1. The van der Waals surface area contributed by atoms with Gasteiger partial charge in [-0.1, -0.05) is 18.2 Å². The summed E-state index contributed by atoms with van der Waals surface area (Å²) in [4.78, 5) is 23.1. The summed E-state index contributed by atoms with van der Waals surface area (Å²) in [6.07, 6.45) is 1.84. The van der Waals surface area contributed by atoms with Gasteiger partial charge in [0.15, 0.2) is 0 Å². The summed E-state index contributed by atoms with van der Waals surface area (Å²) >= 11 is 0. The Morgan fingerprint density at radius 3 is 2.56 bits per heavy atom. The first-order chi connectivity index (χ1) is 13.1. The molecule has 0 radical (unpaired) electrons. The summed E-state index contributed by atoms with van der Waals surface area (Å²) < 4.78 is 18.2. The third-order valence-corrected chi connectivity index (χ3v) is 5.21. The number of amides is 2. The van der Waals surface area contributed by atoms with Crippen molar-refractivity contribution in [1.82, 2.24) is 19.7 Å². The molecule has 0 aliphatic carbocycles. The summed E-state index contributed by atoms with van der Waals surface area (Å²) in [5, 5.41) is 0. The maximum absolute atomic E-state index is 13.1. The molecule has 7 heteroatoms. The van der Waals surface area contributed by atoms with Gasteiger partial charge in [0.05, 0.1) is 13.2 Å². The summed E-state index contributed by atoms with van der Waals surface area (Å²) in [5.74, 6) is 0.356. The Morgan fingerprint density at radius 2 is 1.85 bits per heavy atom. The van der Waals surface area contributed by atoms with Gasteiger partial charge in [0.1, 0.15) is 5.82 Å². The zero-order valence-electron chi connectivity index (χ0n) is 15.3. The standard InChI is InChI=1S/C20H23FN4O2/c1-27-19-7-4-16(10-22-19)11-23-8-9-25-18(13-23)14-24(20(25)26)12-15-2-5-17(21)6-3-15/h2-7,10,18H,8-9,11-14H2,1H3/t18-/m1/s1. The lowest BCUT2D eigenvalue weighted by molar-refractivity contribution is 0.116. The van der Waals surface area contributed by atoms with Gasteiger partial charge in [-0.15, -0.1) is 0 Å². The van der Waals surface area contributed by atoms with Gasteiger partial charge in [-0.05, 0) is 23.3 Å². The van der Waals surface area contributed by atoms with Gasteiger partial charge in [0.25, 0.3) is 0 Å². The van der Waals surface area contributed by atoms with Gasteiger partial charge < -0.3 is 14.5 Å². The summed E-state index contributed by atoms with van der Waals surface area (Å²) in [5.41, 5.74) is 2.09. The Labute approximate surface area is 158 Å². The van der Waals surface area contributed by atoms with E-state index in [1.165, 1.54) is 12.1 Å². The topological polar surface area (TPSA) is 48.9 Å². The minimum absolute atomic E-state index is 0.0788. The largest absolute Gasteiger partial charge is 0.481 e. The highest BCUT2D eigenvalue weighted by Crippen LogP contribution is 2.23. The highest BCUT2D eigenvalue weighted by Gasteiger charge is 2.40. The minimum atomic E-state index is -0.257. The van der Waals surface area contributed by atoms with Gasteiger partial charge >= 0.3 is 6.03 Å². The maximum Gasteiger partial charge on any atom is 0.320 e. The Balaban J connectivity index is 1.36. The molecule has 2 amide bonds. The number of fused-ring (bicyclic) bond motifs is 1. The number of pyridine rings is 1. The van der Waals surface area contributed by atoms with Crippen LogP contribution in [0.5, 0.6) is 5.88 Å². The molecule has 27 heavy (non-hydrogen) atoms. The van der Waals surface area contributed by atoms with Crippen LogP contribution in [0.4, 0.5) is 9.18 Å². The summed E-state index contributed by atoms with van der Waals surface area (Å²) in [7, 11) is 1.61. The number of methoxy groups -OCH3 is 1. The van der Waals surface area contributed by atoms with Crippen LogP contribution in [-0.2, 0) is 13.1 Å². The van der Waals surface area contributed by atoms with Crippen LogP contribution in [0.1, 0.15) is 11.1 Å². The Morgan fingerprint density at radius 1 is 1.07 bits per heavy atom. The smallest absolute Gasteiger partial charge is 0.320 e. The lowest BCUT2D eigenvalue weighted by atomic mass is 10.1. The van der Waals surface area contributed by atoms with E-state index in [2.05, 4.69) is 9.88 Å². The molecule has 3 heterocycles. The number of rotatable bonds is 5. The Kier molecular flexibility index (Phi) is 4.94. The molecule has 0 saturated carbocycles.